The minimum Gasteiger partial charge on any atom is -0.348 e. The van der Waals surface area contributed by atoms with Crippen LogP contribution >= 0.6 is 0 Å². The zero-order chi connectivity index (χ0) is 14.8. The highest BCUT2D eigenvalue weighted by Gasteiger charge is 2.09. The maximum absolute atomic E-state index is 13.5. The van der Waals surface area contributed by atoms with E-state index >= 15 is 0 Å². The maximum Gasteiger partial charge on any atom is 0.251 e. The lowest BCUT2D eigenvalue weighted by Gasteiger charge is -2.06. The second-order valence-corrected chi connectivity index (χ2v) is 4.59. The fourth-order valence-corrected chi connectivity index (χ4v) is 2.03. The summed E-state index contributed by atoms with van der Waals surface area (Å²) >= 11 is 0. The normalized spacial score (nSPS) is 10.8. The molecule has 0 bridgehead atoms. The molecule has 0 spiro atoms. The van der Waals surface area contributed by atoms with Crippen LogP contribution in [0.1, 0.15) is 15.9 Å². The summed E-state index contributed by atoms with van der Waals surface area (Å²) in [6, 6.07) is 8.19. The zero-order valence-corrected chi connectivity index (χ0v) is 10.9. The SMILES string of the molecule is O=C(NCc1cc(F)ccc1F)c1ccc2cn[nH]c2c1. The number of benzene rings is 2. The van der Waals surface area contributed by atoms with Crippen LogP contribution in [0.25, 0.3) is 10.9 Å². The predicted molar refractivity (Wildman–Crippen MR) is 73.6 cm³/mol. The first-order chi connectivity index (χ1) is 10.1. The van der Waals surface area contributed by atoms with E-state index in [2.05, 4.69) is 15.5 Å². The number of hydrogen-bond acceptors (Lipinski definition) is 2. The lowest BCUT2D eigenvalue weighted by molar-refractivity contribution is 0.0950. The third-order valence-electron chi connectivity index (χ3n) is 3.15. The molecule has 1 heterocycles. The molecule has 0 aliphatic heterocycles. The van der Waals surface area contributed by atoms with Gasteiger partial charge in [-0.3, -0.25) is 9.89 Å². The first-order valence-electron chi connectivity index (χ1n) is 6.29. The number of aromatic amines is 1. The largest absolute Gasteiger partial charge is 0.348 e. The van der Waals surface area contributed by atoms with E-state index in [1.165, 1.54) is 0 Å². The maximum atomic E-state index is 13.5. The van der Waals surface area contributed by atoms with E-state index < -0.39 is 11.6 Å². The molecule has 0 unspecified atom stereocenters. The Hall–Kier alpha value is -2.76. The molecule has 106 valence electrons. The van der Waals surface area contributed by atoms with Crippen LogP contribution < -0.4 is 5.32 Å². The Bertz CT molecular complexity index is 814. The van der Waals surface area contributed by atoms with Crippen molar-refractivity contribution in [3.63, 3.8) is 0 Å². The van der Waals surface area contributed by atoms with Gasteiger partial charge in [-0.15, -0.1) is 0 Å². The van der Waals surface area contributed by atoms with Crippen molar-refractivity contribution in [3.8, 4) is 0 Å². The molecule has 2 N–H and O–H groups in total. The highest BCUT2D eigenvalue weighted by atomic mass is 19.1. The first kappa shape index (κ1) is 13.2. The van der Waals surface area contributed by atoms with Crippen molar-refractivity contribution in [1.82, 2.24) is 15.5 Å². The number of halogens is 2. The molecule has 4 nitrogen and oxygen atoms in total. The van der Waals surface area contributed by atoms with E-state index in [0.29, 0.717) is 5.56 Å². The summed E-state index contributed by atoms with van der Waals surface area (Å²) in [5.74, 6) is -1.46. The average molecular weight is 287 g/mol. The smallest absolute Gasteiger partial charge is 0.251 e. The number of H-pyrrole nitrogens is 1. The third kappa shape index (κ3) is 2.74. The van der Waals surface area contributed by atoms with Crippen LogP contribution in [0.5, 0.6) is 0 Å². The third-order valence-corrected chi connectivity index (χ3v) is 3.15. The Labute approximate surface area is 118 Å². The molecule has 0 saturated heterocycles. The van der Waals surface area contributed by atoms with E-state index in [1.807, 2.05) is 0 Å². The number of carbonyl (C=O) groups is 1. The molecular formula is C15H11F2N3O. The topological polar surface area (TPSA) is 57.8 Å². The standard InChI is InChI=1S/C15H11F2N3O/c16-12-3-4-13(17)11(5-12)7-18-15(21)9-1-2-10-8-19-20-14(10)6-9/h1-6,8H,7H2,(H,18,21)(H,19,20). The van der Waals surface area contributed by atoms with Crippen molar-refractivity contribution in [2.45, 2.75) is 6.54 Å². The van der Waals surface area contributed by atoms with Gasteiger partial charge in [0.15, 0.2) is 0 Å². The quantitative estimate of drug-likeness (QED) is 0.778. The van der Waals surface area contributed by atoms with Crippen LogP contribution in [0.15, 0.2) is 42.6 Å². The molecule has 21 heavy (non-hydrogen) atoms. The van der Waals surface area contributed by atoms with Gasteiger partial charge < -0.3 is 5.32 Å². The fourth-order valence-electron chi connectivity index (χ4n) is 2.03. The van der Waals surface area contributed by atoms with Crippen molar-refractivity contribution >= 4 is 16.8 Å². The van der Waals surface area contributed by atoms with Gasteiger partial charge in [-0.2, -0.15) is 5.10 Å². The van der Waals surface area contributed by atoms with Crippen LogP contribution in [-0.4, -0.2) is 16.1 Å². The van der Waals surface area contributed by atoms with Gasteiger partial charge in [0.1, 0.15) is 11.6 Å². The van der Waals surface area contributed by atoms with Gasteiger partial charge in [0, 0.05) is 23.1 Å². The molecule has 2 aromatic carbocycles. The van der Waals surface area contributed by atoms with E-state index in [4.69, 9.17) is 0 Å². The Morgan fingerprint density at radius 3 is 2.90 bits per heavy atom. The monoisotopic (exact) mass is 287 g/mol. The summed E-state index contributed by atoms with van der Waals surface area (Å²) in [6.07, 6.45) is 1.65. The van der Waals surface area contributed by atoms with Gasteiger partial charge in [-0.1, -0.05) is 6.07 Å². The highest BCUT2D eigenvalue weighted by Crippen LogP contribution is 2.13. The van der Waals surface area contributed by atoms with Gasteiger partial charge >= 0.3 is 0 Å². The van der Waals surface area contributed by atoms with Gasteiger partial charge in [0.05, 0.1) is 11.7 Å². The minimum absolute atomic E-state index is 0.0799. The minimum atomic E-state index is -0.555. The lowest BCUT2D eigenvalue weighted by atomic mass is 10.1. The second-order valence-electron chi connectivity index (χ2n) is 4.59. The van der Waals surface area contributed by atoms with Crippen LogP contribution in [-0.2, 0) is 6.54 Å². The summed E-state index contributed by atoms with van der Waals surface area (Å²) in [7, 11) is 0. The number of aromatic nitrogens is 2. The second kappa shape index (κ2) is 5.32. The molecular weight excluding hydrogens is 276 g/mol. The first-order valence-corrected chi connectivity index (χ1v) is 6.29. The zero-order valence-electron chi connectivity index (χ0n) is 10.9. The van der Waals surface area contributed by atoms with Crippen LogP contribution in [0, 0.1) is 11.6 Å². The predicted octanol–water partition coefficient (Wildman–Crippen LogP) is 2.77. The van der Waals surface area contributed by atoms with E-state index in [9.17, 15) is 13.6 Å². The van der Waals surface area contributed by atoms with Crippen molar-refractivity contribution in [2.24, 2.45) is 0 Å². The summed E-state index contributed by atoms with van der Waals surface area (Å²) in [5.41, 5.74) is 1.26. The van der Waals surface area contributed by atoms with E-state index in [-0.39, 0.29) is 18.0 Å². The van der Waals surface area contributed by atoms with Crippen molar-refractivity contribution in [3.05, 3.63) is 65.4 Å². The van der Waals surface area contributed by atoms with E-state index in [0.717, 1.165) is 29.1 Å². The van der Waals surface area contributed by atoms with Gasteiger partial charge in [0.2, 0.25) is 0 Å². The molecule has 1 amide bonds. The van der Waals surface area contributed by atoms with Crippen LogP contribution in [0.2, 0.25) is 0 Å². The summed E-state index contributed by atoms with van der Waals surface area (Å²) in [5, 5.41) is 10.1. The average Bonchev–Trinajstić information content (AvgIpc) is 2.95. The number of nitrogens with zero attached hydrogens (tertiary/aromatic N) is 1. The van der Waals surface area contributed by atoms with Crippen LogP contribution in [0.3, 0.4) is 0 Å². The van der Waals surface area contributed by atoms with E-state index in [1.54, 1.807) is 24.4 Å². The molecule has 3 rings (SSSR count). The Kier molecular flexibility index (Phi) is 3.35. The fraction of sp³-hybridized carbons (Fsp3) is 0.0667. The van der Waals surface area contributed by atoms with Gasteiger partial charge in [0.25, 0.3) is 5.91 Å². The molecule has 0 fully saturated rings. The van der Waals surface area contributed by atoms with Gasteiger partial charge in [-0.25, -0.2) is 8.78 Å². The van der Waals surface area contributed by atoms with Crippen molar-refractivity contribution in [2.75, 3.05) is 0 Å². The Morgan fingerprint density at radius 2 is 2.05 bits per heavy atom. The molecule has 0 radical (unpaired) electrons. The van der Waals surface area contributed by atoms with Crippen molar-refractivity contribution < 1.29 is 13.6 Å². The number of fused-ring (bicyclic) bond motifs is 1. The highest BCUT2D eigenvalue weighted by molar-refractivity contribution is 5.97. The number of carbonyl (C=O) groups excluding carboxylic acids is 1. The molecule has 3 aromatic rings. The summed E-state index contributed by atoms with van der Waals surface area (Å²) < 4.78 is 26.5. The number of nitrogens with one attached hydrogen (secondary N) is 2. The number of rotatable bonds is 3. The molecule has 0 saturated carbocycles. The summed E-state index contributed by atoms with van der Waals surface area (Å²) in [6.45, 7) is -0.0799. The Balaban J connectivity index is 1.75. The van der Waals surface area contributed by atoms with Crippen LogP contribution in [0.4, 0.5) is 8.78 Å². The lowest BCUT2D eigenvalue weighted by Crippen LogP contribution is -2.23. The Morgan fingerprint density at radius 1 is 1.19 bits per heavy atom. The van der Waals surface area contributed by atoms with Crippen molar-refractivity contribution in [1.29, 1.82) is 0 Å². The number of hydrogen-bond donors (Lipinski definition) is 2. The number of amides is 1. The molecule has 1 aromatic heterocycles. The van der Waals surface area contributed by atoms with Gasteiger partial charge in [-0.05, 0) is 30.3 Å². The summed E-state index contributed by atoms with van der Waals surface area (Å²) in [4.78, 5) is 12.0. The molecule has 6 heteroatoms. The molecule has 0 atom stereocenters. The molecule has 0 aliphatic rings. The molecule has 0 aliphatic carbocycles.